The molecular weight excluding hydrogens is 226 g/mol. The van der Waals surface area contributed by atoms with Crippen LogP contribution < -0.4 is 10.5 Å². The molecule has 3 nitrogen and oxygen atoms in total. The van der Waals surface area contributed by atoms with Gasteiger partial charge in [-0.05, 0) is 44.4 Å². The normalized spacial score (nSPS) is 12.7. The smallest absolute Gasteiger partial charge is 0.124 e. The first kappa shape index (κ1) is 14.8. The van der Waals surface area contributed by atoms with Crippen LogP contribution in [0.2, 0.25) is 0 Å². The lowest BCUT2D eigenvalue weighted by atomic mass is 10.1. The Balaban J connectivity index is 2.62. The molecule has 0 bridgehead atoms. The third-order valence-corrected chi connectivity index (χ3v) is 2.71. The average Bonchev–Trinajstić information content (AvgIpc) is 2.29. The van der Waals surface area contributed by atoms with Crippen LogP contribution in [-0.4, -0.2) is 12.7 Å². The zero-order valence-electron chi connectivity index (χ0n) is 11.9. The van der Waals surface area contributed by atoms with Crippen molar-refractivity contribution in [2.45, 2.75) is 46.8 Å². The molecule has 0 aliphatic heterocycles. The van der Waals surface area contributed by atoms with E-state index in [0.717, 1.165) is 23.4 Å². The summed E-state index contributed by atoms with van der Waals surface area (Å²) in [5.41, 5.74) is 7.56. The van der Waals surface area contributed by atoms with Gasteiger partial charge in [-0.2, -0.15) is 0 Å². The number of hydrogen-bond acceptors (Lipinski definition) is 3. The highest BCUT2D eigenvalue weighted by Crippen LogP contribution is 2.23. The molecule has 0 heterocycles. The first-order valence-corrected chi connectivity index (χ1v) is 6.65. The highest BCUT2D eigenvalue weighted by Gasteiger charge is 2.09. The Labute approximate surface area is 110 Å². The summed E-state index contributed by atoms with van der Waals surface area (Å²) in [4.78, 5) is 0. The summed E-state index contributed by atoms with van der Waals surface area (Å²) in [5, 5.41) is 0. The van der Waals surface area contributed by atoms with Crippen molar-refractivity contribution < 1.29 is 9.47 Å². The van der Waals surface area contributed by atoms with E-state index in [0.29, 0.717) is 19.1 Å². The minimum absolute atomic E-state index is 0.251. The van der Waals surface area contributed by atoms with Crippen LogP contribution in [0.3, 0.4) is 0 Å². The van der Waals surface area contributed by atoms with E-state index >= 15 is 0 Å². The zero-order chi connectivity index (χ0) is 13.5. The van der Waals surface area contributed by atoms with Gasteiger partial charge in [-0.3, -0.25) is 0 Å². The molecular formula is C15H25NO2. The van der Waals surface area contributed by atoms with E-state index in [1.165, 1.54) is 0 Å². The molecule has 0 fully saturated rings. The molecule has 0 spiro atoms. The second kappa shape index (κ2) is 7.27. The topological polar surface area (TPSA) is 44.5 Å². The lowest BCUT2D eigenvalue weighted by Crippen LogP contribution is -2.11. The maximum absolute atomic E-state index is 5.85. The average molecular weight is 251 g/mol. The molecule has 1 aromatic rings. The largest absolute Gasteiger partial charge is 0.494 e. The Hall–Kier alpha value is -1.22. The first-order valence-electron chi connectivity index (χ1n) is 6.65. The molecule has 102 valence electrons. The monoisotopic (exact) mass is 251 g/mol. The van der Waals surface area contributed by atoms with Crippen molar-refractivity contribution in [1.29, 1.82) is 0 Å². The van der Waals surface area contributed by atoms with Gasteiger partial charge < -0.3 is 15.2 Å². The maximum atomic E-state index is 5.85. The van der Waals surface area contributed by atoms with E-state index in [9.17, 15) is 0 Å². The van der Waals surface area contributed by atoms with Gasteiger partial charge in [-0.15, -0.1) is 0 Å². The molecule has 18 heavy (non-hydrogen) atoms. The van der Waals surface area contributed by atoms with Crippen molar-refractivity contribution in [3.63, 3.8) is 0 Å². The molecule has 0 aromatic heterocycles. The van der Waals surface area contributed by atoms with E-state index in [4.69, 9.17) is 15.2 Å². The van der Waals surface area contributed by atoms with Gasteiger partial charge in [0.1, 0.15) is 5.75 Å². The number of nitrogens with two attached hydrogens (primary N) is 1. The Morgan fingerprint density at radius 1 is 1.22 bits per heavy atom. The fourth-order valence-electron chi connectivity index (χ4n) is 1.97. The van der Waals surface area contributed by atoms with Gasteiger partial charge in [0, 0.05) is 11.3 Å². The van der Waals surface area contributed by atoms with Crippen LogP contribution in [0.15, 0.2) is 18.2 Å². The summed E-state index contributed by atoms with van der Waals surface area (Å²) in [6, 6.07) is 5.68. The van der Waals surface area contributed by atoms with E-state index < -0.39 is 0 Å². The second-order valence-corrected chi connectivity index (χ2v) is 5.05. The molecule has 0 aliphatic carbocycles. The van der Waals surface area contributed by atoms with Gasteiger partial charge in [-0.25, -0.2) is 0 Å². The highest BCUT2D eigenvalue weighted by atomic mass is 16.5. The van der Waals surface area contributed by atoms with Crippen molar-refractivity contribution in [2.75, 3.05) is 12.3 Å². The van der Waals surface area contributed by atoms with E-state index in [1.54, 1.807) is 0 Å². The summed E-state index contributed by atoms with van der Waals surface area (Å²) < 4.78 is 11.4. The van der Waals surface area contributed by atoms with Gasteiger partial charge in [0.15, 0.2) is 0 Å². The fraction of sp³-hybridized carbons (Fsp3) is 0.600. The van der Waals surface area contributed by atoms with E-state index in [1.807, 2.05) is 25.1 Å². The van der Waals surface area contributed by atoms with Gasteiger partial charge in [0.05, 0.1) is 19.3 Å². The molecule has 3 heteroatoms. The van der Waals surface area contributed by atoms with Crippen molar-refractivity contribution >= 4 is 5.69 Å². The van der Waals surface area contributed by atoms with Crippen LogP contribution in [0.1, 0.15) is 39.7 Å². The molecule has 1 unspecified atom stereocenters. The number of rotatable bonds is 7. The van der Waals surface area contributed by atoms with Gasteiger partial charge in [0.25, 0.3) is 0 Å². The predicted octanol–water partition coefficient (Wildman–Crippen LogP) is 3.62. The Kier molecular flexibility index (Phi) is 5.99. The molecule has 2 N–H and O–H groups in total. The van der Waals surface area contributed by atoms with Crippen molar-refractivity contribution in [3.8, 4) is 5.75 Å². The first-order chi connectivity index (χ1) is 8.52. The summed E-state index contributed by atoms with van der Waals surface area (Å²) in [6.45, 7) is 9.68. The number of nitrogen functional groups attached to an aromatic ring is 1. The lowest BCUT2D eigenvalue weighted by Gasteiger charge is -2.17. The van der Waals surface area contributed by atoms with Crippen LogP contribution in [0.5, 0.6) is 5.75 Å². The highest BCUT2D eigenvalue weighted by molar-refractivity contribution is 5.47. The molecule has 0 amide bonds. The SMILES string of the molecule is CCOc1ccc(N)cc1COC(C)CC(C)C. The summed E-state index contributed by atoms with van der Waals surface area (Å²) in [5.74, 6) is 1.51. The van der Waals surface area contributed by atoms with E-state index in [-0.39, 0.29) is 6.10 Å². The Morgan fingerprint density at radius 2 is 1.94 bits per heavy atom. The zero-order valence-corrected chi connectivity index (χ0v) is 11.9. The fourth-order valence-corrected chi connectivity index (χ4v) is 1.97. The van der Waals surface area contributed by atoms with Crippen LogP contribution in [-0.2, 0) is 11.3 Å². The van der Waals surface area contributed by atoms with Crippen LogP contribution in [0.4, 0.5) is 5.69 Å². The number of benzene rings is 1. The van der Waals surface area contributed by atoms with Crippen LogP contribution >= 0.6 is 0 Å². The molecule has 0 radical (unpaired) electrons. The Bertz CT molecular complexity index is 364. The number of anilines is 1. The quantitative estimate of drug-likeness (QED) is 0.753. The van der Waals surface area contributed by atoms with Crippen molar-refractivity contribution in [3.05, 3.63) is 23.8 Å². The summed E-state index contributed by atoms with van der Waals surface area (Å²) in [6.07, 6.45) is 1.31. The standard InChI is InChI=1S/C15H25NO2/c1-5-17-15-7-6-14(16)9-13(15)10-18-12(4)8-11(2)3/h6-7,9,11-12H,5,8,10,16H2,1-4H3. The third-order valence-electron chi connectivity index (χ3n) is 2.71. The minimum Gasteiger partial charge on any atom is -0.494 e. The summed E-state index contributed by atoms with van der Waals surface area (Å²) >= 11 is 0. The predicted molar refractivity (Wildman–Crippen MR) is 75.7 cm³/mol. The van der Waals surface area contributed by atoms with Crippen LogP contribution in [0, 0.1) is 5.92 Å². The second-order valence-electron chi connectivity index (χ2n) is 5.05. The molecule has 1 aromatic carbocycles. The molecule has 1 atom stereocenters. The number of hydrogen-bond donors (Lipinski definition) is 1. The molecule has 0 saturated carbocycles. The van der Waals surface area contributed by atoms with Gasteiger partial charge >= 0.3 is 0 Å². The maximum Gasteiger partial charge on any atom is 0.124 e. The van der Waals surface area contributed by atoms with E-state index in [2.05, 4.69) is 20.8 Å². The molecule has 0 saturated heterocycles. The minimum atomic E-state index is 0.251. The van der Waals surface area contributed by atoms with Gasteiger partial charge in [-0.1, -0.05) is 13.8 Å². The molecule has 1 rings (SSSR count). The molecule has 0 aliphatic rings. The van der Waals surface area contributed by atoms with Crippen LogP contribution in [0.25, 0.3) is 0 Å². The van der Waals surface area contributed by atoms with Gasteiger partial charge in [0.2, 0.25) is 0 Å². The van der Waals surface area contributed by atoms with Crippen molar-refractivity contribution in [2.24, 2.45) is 5.92 Å². The Morgan fingerprint density at radius 3 is 2.56 bits per heavy atom. The third kappa shape index (κ3) is 4.96. The number of ether oxygens (including phenoxy) is 2. The van der Waals surface area contributed by atoms with Crippen molar-refractivity contribution in [1.82, 2.24) is 0 Å². The summed E-state index contributed by atoms with van der Waals surface area (Å²) in [7, 11) is 0. The lowest BCUT2D eigenvalue weighted by molar-refractivity contribution is 0.0385.